The van der Waals surface area contributed by atoms with Crippen molar-refractivity contribution in [2.75, 3.05) is 20.6 Å². The number of amides is 2. The van der Waals surface area contributed by atoms with Crippen LogP contribution in [-0.4, -0.2) is 61.5 Å². The average molecular weight is 356 g/mol. The maximum absolute atomic E-state index is 11.1. The van der Waals surface area contributed by atoms with Crippen LogP contribution in [0.15, 0.2) is 12.2 Å². The van der Waals surface area contributed by atoms with Crippen LogP contribution in [0.1, 0.15) is 45.4 Å². The molecule has 0 aromatic carbocycles. The fraction of sp³-hybridized carbons (Fsp3) is 0.588. The fourth-order valence-electron chi connectivity index (χ4n) is 1.57. The summed E-state index contributed by atoms with van der Waals surface area (Å²) in [6.07, 6.45) is 9.21. The van der Waals surface area contributed by atoms with E-state index in [9.17, 15) is 24.0 Å². The molecule has 0 radical (unpaired) electrons. The van der Waals surface area contributed by atoms with Gasteiger partial charge in [0.1, 0.15) is 12.6 Å². The minimum Gasteiger partial charge on any atom is -0.371 e. The van der Waals surface area contributed by atoms with Crippen LogP contribution in [0, 0.1) is 0 Å². The molecule has 0 fully saturated rings. The Bertz CT molecular complexity index is 409. The van der Waals surface area contributed by atoms with E-state index in [1.807, 2.05) is 0 Å². The number of aldehydes is 2. The Morgan fingerprint density at radius 1 is 0.960 bits per heavy atom. The molecule has 142 valence electrons. The minimum atomic E-state index is -0.165. The Hall–Kier alpha value is -2.35. The Kier molecular flexibility index (Phi) is 17.9. The van der Waals surface area contributed by atoms with E-state index in [-0.39, 0.29) is 11.8 Å². The van der Waals surface area contributed by atoms with Gasteiger partial charge in [-0.05, 0) is 6.42 Å². The van der Waals surface area contributed by atoms with Gasteiger partial charge in [0.15, 0.2) is 0 Å². The molecule has 0 bridgehead atoms. The predicted molar refractivity (Wildman–Crippen MR) is 92.2 cm³/mol. The van der Waals surface area contributed by atoms with Crippen molar-refractivity contribution in [3.63, 3.8) is 0 Å². The average Bonchev–Trinajstić information content (AvgIpc) is 2.89. The summed E-state index contributed by atoms with van der Waals surface area (Å²) in [6.45, 7) is 3.08. The second kappa shape index (κ2) is 18.0. The quantitative estimate of drug-likeness (QED) is 0.252. The molecule has 1 heterocycles. The van der Waals surface area contributed by atoms with E-state index in [4.69, 9.17) is 0 Å². The van der Waals surface area contributed by atoms with Crippen molar-refractivity contribution in [3.05, 3.63) is 12.2 Å². The van der Waals surface area contributed by atoms with Gasteiger partial charge in [0.05, 0.1) is 0 Å². The third kappa shape index (κ3) is 16.3. The van der Waals surface area contributed by atoms with E-state index in [0.717, 1.165) is 25.4 Å². The molecule has 25 heavy (non-hydrogen) atoms. The van der Waals surface area contributed by atoms with Crippen LogP contribution >= 0.6 is 0 Å². The van der Waals surface area contributed by atoms with Crippen molar-refractivity contribution in [1.29, 1.82) is 0 Å². The molecule has 0 aromatic rings. The monoisotopic (exact) mass is 356 g/mol. The van der Waals surface area contributed by atoms with Crippen LogP contribution in [-0.2, 0) is 28.8 Å². The lowest BCUT2D eigenvalue weighted by atomic mass is 10.2. The predicted octanol–water partition coefficient (Wildman–Crippen LogP) is 1.29. The molecule has 1 rings (SSSR count). The van der Waals surface area contributed by atoms with Gasteiger partial charge >= 0.3 is 6.47 Å². The summed E-state index contributed by atoms with van der Waals surface area (Å²) in [5.41, 5.74) is 0. The zero-order chi connectivity index (χ0) is 19.5. The lowest BCUT2D eigenvalue weighted by Crippen LogP contribution is -2.30. The van der Waals surface area contributed by atoms with E-state index in [1.54, 1.807) is 14.1 Å². The van der Waals surface area contributed by atoms with Crippen molar-refractivity contribution < 1.29 is 28.8 Å². The smallest absolute Gasteiger partial charge is 0.312 e. The highest BCUT2D eigenvalue weighted by Crippen LogP contribution is 2.07. The fourth-order valence-corrected chi connectivity index (χ4v) is 1.57. The molecular weight excluding hydrogens is 328 g/mol. The summed E-state index contributed by atoms with van der Waals surface area (Å²) >= 11 is 0. The van der Waals surface area contributed by atoms with Crippen molar-refractivity contribution in [3.8, 4) is 0 Å². The molecular formula is C17H28N2O6. The molecule has 8 nitrogen and oxygen atoms in total. The molecule has 0 saturated carbocycles. The maximum Gasteiger partial charge on any atom is 0.312 e. The van der Waals surface area contributed by atoms with Crippen molar-refractivity contribution in [2.45, 2.75) is 45.4 Å². The molecule has 0 spiro atoms. The van der Waals surface area contributed by atoms with Gasteiger partial charge < -0.3 is 14.4 Å². The largest absolute Gasteiger partial charge is 0.371 e. The van der Waals surface area contributed by atoms with Gasteiger partial charge in [-0.3, -0.25) is 19.3 Å². The van der Waals surface area contributed by atoms with Gasteiger partial charge in [-0.1, -0.05) is 26.2 Å². The number of hydrogen-bond donors (Lipinski definition) is 0. The third-order valence-electron chi connectivity index (χ3n) is 2.79. The SMILES string of the molecule is CCCCCCN1C(=O)C=CC1=O.CN(C)OC=O.O=CCCC=O. The molecule has 0 aliphatic carbocycles. The maximum atomic E-state index is 11.1. The number of carbonyl (C=O) groups excluding carboxylic acids is 5. The highest BCUT2D eigenvalue weighted by molar-refractivity contribution is 6.12. The molecule has 0 unspecified atom stereocenters. The second-order valence-corrected chi connectivity index (χ2v) is 5.15. The van der Waals surface area contributed by atoms with Gasteiger partial charge in [-0.15, -0.1) is 5.06 Å². The van der Waals surface area contributed by atoms with E-state index in [1.165, 1.54) is 35.0 Å². The van der Waals surface area contributed by atoms with Gasteiger partial charge in [0.2, 0.25) is 0 Å². The van der Waals surface area contributed by atoms with Crippen LogP contribution in [0.25, 0.3) is 0 Å². The lowest BCUT2D eigenvalue weighted by Gasteiger charge is -2.12. The Morgan fingerprint density at radius 3 is 1.80 bits per heavy atom. The highest BCUT2D eigenvalue weighted by Gasteiger charge is 2.21. The zero-order valence-corrected chi connectivity index (χ0v) is 15.2. The zero-order valence-electron chi connectivity index (χ0n) is 15.2. The second-order valence-electron chi connectivity index (χ2n) is 5.15. The first kappa shape index (κ1) is 24.9. The normalized spacial score (nSPS) is 12.1. The van der Waals surface area contributed by atoms with E-state index >= 15 is 0 Å². The summed E-state index contributed by atoms with van der Waals surface area (Å²) in [6, 6.07) is 0. The third-order valence-corrected chi connectivity index (χ3v) is 2.79. The van der Waals surface area contributed by atoms with E-state index < -0.39 is 0 Å². The molecule has 0 aromatic heterocycles. The summed E-state index contributed by atoms with van der Waals surface area (Å²) in [7, 11) is 3.27. The summed E-state index contributed by atoms with van der Waals surface area (Å²) in [5, 5.41) is 1.31. The topological polar surface area (TPSA) is 101 Å². The van der Waals surface area contributed by atoms with Gasteiger partial charge in [0.25, 0.3) is 11.8 Å². The Morgan fingerprint density at radius 2 is 1.48 bits per heavy atom. The molecule has 8 heteroatoms. The number of imide groups is 1. The minimum absolute atomic E-state index is 0.165. The summed E-state index contributed by atoms with van der Waals surface area (Å²) < 4.78 is 0. The highest BCUT2D eigenvalue weighted by atomic mass is 16.7. The van der Waals surface area contributed by atoms with Crippen LogP contribution in [0.4, 0.5) is 0 Å². The summed E-state index contributed by atoms with van der Waals surface area (Å²) in [4.78, 5) is 55.8. The first-order chi connectivity index (χ1) is 11.9. The Balaban J connectivity index is 0. The van der Waals surface area contributed by atoms with Gasteiger partial charge in [0, 0.05) is 45.6 Å². The van der Waals surface area contributed by atoms with Crippen molar-refractivity contribution >= 4 is 30.9 Å². The first-order valence-corrected chi connectivity index (χ1v) is 8.13. The van der Waals surface area contributed by atoms with E-state index in [0.29, 0.717) is 25.9 Å². The Labute approximate surface area is 148 Å². The molecule has 0 N–H and O–H groups in total. The van der Waals surface area contributed by atoms with Crippen LogP contribution < -0.4 is 0 Å². The number of carbonyl (C=O) groups is 5. The summed E-state index contributed by atoms with van der Waals surface area (Å²) in [5.74, 6) is -0.331. The molecule has 1 aliphatic rings. The lowest BCUT2D eigenvalue weighted by molar-refractivity contribution is -0.160. The van der Waals surface area contributed by atoms with Gasteiger partial charge in [-0.2, -0.15) is 0 Å². The number of hydrogen-bond acceptors (Lipinski definition) is 7. The van der Waals surface area contributed by atoms with Crippen LogP contribution in [0.2, 0.25) is 0 Å². The molecule has 2 amide bonds. The van der Waals surface area contributed by atoms with Crippen LogP contribution in [0.3, 0.4) is 0 Å². The number of unbranched alkanes of at least 4 members (excludes halogenated alkanes) is 4. The number of nitrogens with zero attached hydrogens (tertiary/aromatic N) is 2. The van der Waals surface area contributed by atoms with E-state index in [2.05, 4.69) is 11.8 Å². The van der Waals surface area contributed by atoms with Crippen molar-refractivity contribution in [1.82, 2.24) is 9.96 Å². The first-order valence-electron chi connectivity index (χ1n) is 8.13. The van der Waals surface area contributed by atoms with Gasteiger partial charge in [-0.25, -0.2) is 0 Å². The molecule has 1 aliphatic heterocycles. The van der Waals surface area contributed by atoms with Crippen LogP contribution in [0.5, 0.6) is 0 Å². The molecule has 0 saturated heterocycles. The number of hydroxylamine groups is 2. The number of rotatable bonds is 10. The molecule has 0 atom stereocenters. The van der Waals surface area contributed by atoms with Crippen molar-refractivity contribution in [2.24, 2.45) is 0 Å². The standard InChI is InChI=1S/C10H15NO2.C4H6O2.C3H7NO2/c1-2-3-4-5-8-11-9(12)6-7-10(11)13;5-3-1-2-4-6;1-4(2)6-3-5/h6-7H,2-5,8H2,1H3;3-4H,1-2H2;3H,1-2H3.